The van der Waals surface area contributed by atoms with Gasteiger partial charge in [0.25, 0.3) is 11.8 Å². The van der Waals surface area contributed by atoms with Crippen LogP contribution in [0.1, 0.15) is 12.8 Å². The van der Waals surface area contributed by atoms with Crippen LogP contribution in [0.25, 0.3) is 0 Å². The lowest BCUT2D eigenvalue weighted by atomic mass is 10.1. The average Bonchev–Trinajstić information content (AvgIpc) is 2.55. The first-order valence-corrected chi connectivity index (χ1v) is 6.81. The van der Waals surface area contributed by atoms with Crippen LogP contribution in [0, 0.1) is 0 Å². The molecule has 0 unspecified atom stereocenters. The van der Waals surface area contributed by atoms with Gasteiger partial charge < -0.3 is 5.48 Å². The van der Waals surface area contributed by atoms with Gasteiger partial charge in [-0.15, -0.1) is 0 Å². The number of allylic oxidation sites excluding steroid dienone is 4. The quantitative estimate of drug-likeness (QED) is 0.494. The first-order valence-electron chi connectivity index (χ1n) is 6.81. The van der Waals surface area contributed by atoms with Crippen LogP contribution in [0.4, 0.5) is 0 Å². The summed E-state index contributed by atoms with van der Waals surface area (Å²) >= 11 is 0. The summed E-state index contributed by atoms with van der Waals surface area (Å²) < 4.78 is 0. The first kappa shape index (κ1) is 17.7. The second kappa shape index (κ2) is 7.31. The highest BCUT2D eigenvalue weighted by Gasteiger charge is 2.26. The van der Waals surface area contributed by atoms with Crippen molar-refractivity contribution in [1.29, 1.82) is 0 Å². The van der Waals surface area contributed by atoms with E-state index in [1.165, 1.54) is 47.3 Å². The first-order chi connectivity index (χ1) is 11.5. The van der Waals surface area contributed by atoms with Crippen molar-refractivity contribution in [3.63, 3.8) is 0 Å². The zero-order valence-electron chi connectivity index (χ0n) is 12.7. The van der Waals surface area contributed by atoms with E-state index in [2.05, 4.69) is 20.2 Å². The van der Waals surface area contributed by atoms with Crippen molar-refractivity contribution in [2.75, 3.05) is 0 Å². The summed E-state index contributed by atoms with van der Waals surface area (Å²) in [6.07, 6.45) is 7.92. The number of ketones is 2. The third-order valence-corrected chi connectivity index (χ3v) is 3.11. The SMILES string of the molecule is O.O=C1C=C2C=NC=NN2C(=O)C1.O=C1C=C2C=NC=NN2C(=O)C1. The number of hydrazone groups is 2. The number of rotatable bonds is 0. The molecule has 0 aromatic carbocycles. The zero-order valence-corrected chi connectivity index (χ0v) is 12.7. The van der Waals surface area contributed by atoms with Gasteiger partial charge in [-0.2, -0.15) is 20.2 Å². The maximum absolute atomic E-state index is 11.1. The molecule has 0 aliphatic carbocycles. The summed E-state index contributed by atoms with van der Waals surface area (Å²) in [5, 5.41) is 9.76. The molecule has 0 saturated heterocycles. The van der Waals surface area contributed by atoms with Gasteiger partial charge in [-0.05, 0) is 0 Å². The molecule has 0 aromatic heterocycles. The number of aliphatic imine (C=N–C) groups is 2. The fraction of sp³-hybridized carbons (Fsp3) is 0.143. The molecule has 0 aromatic rings. The largest absolute Gasteiger partial charge is 0.412 e. The van der Waals surface area contributed by atoms with E-state index < -0.39 is 0 Å². The van der Waals surface area contributed by atoms with E-state index in [0.717, 1.165) is 0 Å². The van der Waals surface area contributed by atoms with Crippen LogP contribution >= 0.6 is 0 Å². The Morgan fingerprint density at radius 3 is 1.52 bits per heavy atom. The third-order valence-electron chi connectivity index (χ3n) is 3.11. The molecule has 0 fully saturated rings. The maximum Gasteiger partial charge on any atom is 0.255 e. The molecular formula is C14H12N6O5. The van der Waals surface area contributed by atoms with Crippen molar-refractivity contribution in [2.45, 2.75) is 12.8 Å². The van der Waals surface area contributed by atoms with Crippen molar-refractivity contribution < 1.29 is 24.7 Å². The summed E-state index contributed by atoms with van der Waals surface area (Å²) in [5.41, 5.74) is 0.887. The molecule has 2 N–H and O–H groups in total. The zero-order chi connectivity index (χ0) is 17.1. The lowest BCUT2D eigenvalue weighted by Gasteiger charge is -2.21. The van der Waals surface area contributed by atoms with Crippen LogP contribution in [0.3, 0.4) is 0 Å². The van der Waals surface area contributed by atoms with Crippen LogP contribution in [0.2, 0.25) is 0 Å². The van der Waals surface area contributed by atoms with Crippen LogP contribution < -0.4 is 0 Å². The second-order valence-corrected chi connectivity index (χ2v) is 4.85. The van der Waals surface area contributed by atoms with Crippen molar-refractivity contribution in [3.05, 3.63) is 23.5 Å². The Balaban J connectivity index is 0.000000173. The average molecular weight is 344 g/mol. The molecule has 4 aliphatic rings. The van der Waals surface area contributed by atoms with Crippen LogP contribution in [0.5, 0.6) is 0 Å². The number of fused-ring (bicyclic) bond motifs is 2. The molecule has 0 atom stereocenters. The molecular weight excluding hydrogens is 332 g/mol. The predicted octanol–water partition coefficient (Wildman–Crippen LogP) is -1.43. The van der Waals surface area contributed by atoms with E-state index in [0.29, 0.717) is 11.4 Å². The molecule has 4 aliphatic heterocycles. The molecule has 2 amide bonds. The Labute approximate surface area is 140 Å². The van der Waals surface area contributed by atoms with E-state index in [-0.39, 0.29) is 41.7 Å². The van der Waals surface area contributed by atoms with E-state index in [4.69, 9.17) is 0 Å². The summed E-state index contributed by atoms with van der Waals surface area (Å²) in [7, 11) is 0. The Morgan fingerprint density at radius 1 is 0.720 bits per heavy atom. The van der Waals surface area contributed by atoms with Crippen molar-refractivity contribution in [1.82, 2.24) is 10.0 Å². The van der Waals surface area contributed by atoms with E-state index in [1.54, 1.807) is 0 Å². The predicted molar refractivity (Wildman–Crippen MR) is 86.7 cm³/mol. The molecule has 0 spiro atoms. The van der Waals surface area contributed by atoms with Gasteiger partial charge in [0.1, 0.15) is 12.7 Å². The van der Waals surface area contributed by atoms with Gasteiger partial charge in [0.05, 0.1) is 36.7 Å². The number of hydrogen-bond donors (Lipinski definition) is 0. The van der Waals surface area contributed by atoms with Gasteiger partial charge in [-0.25, -0.2) is 9.98 Å². The van der Waals surface area contributed by atoms with Crippen LogP contribution in [-0.4, -0.2) is 64.0 Å². The molecule has 128 valence electrons. The van der Waals surface area contributed by atoms with Crippen molar-refractivity contribution in [2.24, 2.45) is 20.2 Å². The minimum absolute atomic E-state index is 0. The topological polar surface area (TPSA) is 156 Å². The summed E-state index contributed by atoms with van der Waals surface area (Å²) in [6.45, 7) is 0. The number of carbonyl (C=O) groups excluding carboxylic acids is 4. The summed E-state index contributed by atoms with van der Waals surface area (Å²) in [4.78, 5) is 51.4. The molecule has 25 heavy (non-hydrogen) atoms. The smallest absolute Gasteiger partial charge is 0.255 e. The van der Waals surface area contributed by atoms with Gasteiger partial charge in [0.15, 0.2) is 11.6 Å². The van der Waals surface area contributed by atoms with Crippen molar-refractivity contribution >= 4 is 48.5 Å². The molecule has 4 heterocycles. The number of carbonyl (C=O) groups is 4. The highest BCUT2D eigenvalue weighted by atomic mass is 16.2. The van der Waals surface area contributed by atoms with Gasteiger partial charge in [-0.3, -0.25) is 19.2 Å². The van der Waals surface area contributed by atoms with Crippen LogP contribution in [-0.2, 0) is 19.2 Å². The standard InChI is InChI=1S/2C7H5N3O2.H2O/c2*11-6-1-5-3-8-4-9-10(5)7(12)2-6;/h2*1,3-4H,2H2;1H2. The Bertz CT molecular complexity index is 752. The Morgan fingerprint density at radius 2 is 1.12 bits per heavy atom. The van der Waals surface area contributed by atoms with E-state index >= 15 is 0 Å². The Hall–Kier alpha value is -3.60. The molecule has 11 nitrogen and oxygen atoms in total. The van der Waals surface area contributed by atoms with Gasteiger partial charge in [0, 0.05) is 12.2 Å². The lowest BCUT2D eigenvalue weighted by molar-refractivity contribution is -0.135. The number of amides is 2. The molecule has 11 heteroatoms. The van der Waals surface area contributed by atoms with E-state index in [9.17, 15) is 19.2 Å². The minimum atomic E-state index is -0.306. The normalized spacial score (nSPS) is 20.2. The van der Waals surface area contributed by atoms with Crippen LogP contribution in [0.15, 0.2) is 43.7 Å². The van der Waals surface area contributed by atoms with E-state index in [1.807, 2.05) is 0 Å². The summed E-state index contributed by atoms with van der Waals surface area (Å²) in [6, 6.07) is 0. The molecule has 0 radical (unpaired) electrons. The maximum atomic E-state index is 11.1. The highest BCUT2D eigenvalue weighted by Crippen LogP contribution is 2.15. The monoisotopic (exact) mass is 344 g/mol. The Kier molecular flexibility index (Phi) is 5.19. The molecule has 0 bridgehead atoms. The second-order valence-electron chi connectivity index (χ2n) is 4.85. The fourth-order valence-electron chi connectivity index (χ4n) is 2.12. The number of nitrogens with zero attached hydrogens (tertiary/aromatic N) is 6. The van der Waals surface area contributed by atoms with Crippen molar-refractivity contribution in [3.8, 4) is 0 Å². The molecule has 4 rings (SSSR count). The molecule has 0 saturated carbocycles. The fourth-order valence-corrected chi connectivity index (χ4v) is 2.12. The number of hydrogen-bond acceptors (Lipinski definition) is 8. The van der Waals surface area contributed by atoms with Gasteiger partial charge >= 0.3 is 0 Å². The lowest BCUT2D eigenvalue weighted by Crippen LogP contribution is -2.33. The minimum Gasteiger partial charge on any atom is -0.412 e. The van der Waals surface area contributed by atoms with Gasteiger partial charge in [0.2, 0.25) is 0 Å². The van der Waals surface area contributed by atoms with Gasteiger partial charge in [-0.1, -0.05) is 0 Å². The highest BCUT2D eigenvalue weighted by molar-refractivity contribution is 6.12. The summed E-state index contributed by atoms with van der Waals surface area (Å²) in [5.74, 6) is -1.01. The third kappa shape index (κ3) is 3.84.